The Hall–Kier alpha value is -1.06. The third kappa shape index (κ3) is 4.21. The lowest BCUT2D eigenvalue weighted by atomic mass is 9.88. The molecule has 1 aliphatic heterocycles. The lowest BCUT2D eigenvalue weighted by molar-refractivity contribution is 0.0658. The minimum absolute atomic E-state index is 0.103. The molecule has 0 aromatic heterocycles. The van der Waals surface area contributed by atoms with Crippen LogP contribution in [0.3, 0.4) is 0 Å². The van der Waals surface area contributed by atoms with Crippen LogP contribution in [0.2, 0.25) is 0 Å². The standard InChI is InChI=1S/C18H30N2O/c1-13-10-15-16(19-8-7-9-20(5)6)12-18(3,4)21-17(15)11-14(13)2/h10-11,16,19H,7-9,12H2,1-6H3. The van der Waals surface area contributed by atoms with Crippen LogP contribution in [-0.2, 0) is 0 Å². The molecule has 0 fully saturated rings. The maximum Gasteiger partial charge on any atom is 0.125 e. The molecule has 1 atom stereocenters. The fraction of sp³-hybridized carbons (Fsp3) is 0.667. The van der Waals surface area contributed by atoms with Gasteiger partial charge in [-0.15, -0.1) is 0 Å². The van der Waals surface area contributed by atoms with Crippen LogP contribution in [0.5, 0.6) is 5.75 Å². The Balaban J connectivity index is 2.13. The Kier molecular flexibility index (Phi) is 4.95. The SMILES string of the molecule is Cc1cc2c(cc1C)C(NCCCN(C)C)CC(C)(C)O2. The second-order valence-corrected chi connectivity index (χ2v) is 7.20. The fourth-order valence-corrected chi connectivity index (χ4v) is 2.97. The van der Waals surface area contributed by atoms with Crippen LogP contribution in [0.25, 0.3) is 0 Å². The molecule has 0 spiro atoms. The summed E-state index contributed by atoms with van der Waals surface area (Å²) in [6.45, 7) is 10.9. The van der Waals surface area contributed by atoms with Gasteiger partial charge in [0.15, 0.2) is 0 Å². The molecule has 3 heteroatoms. The van der Waals surface area contributed by atoms with Gasteiger partial charge in [-0.05, 0) is 78.5 Å². The molecule has 1 N–H and O–H groups in total. The second kappa shape index (κ2) is 6.37. The van der Waals surface area contributed by atoms with E-state index >= 15 is 0 Å². The highest BCUT2D eigenvalue weighted by Gasteiger charge is 2.33. The third-order valence-electron chi connectivity index (χ3n) is 4.26. The molecule has 118 valence electrons. The van der Waals surface area contributed by atoms with Gasteiger partial charge < -0.3 is 15.0 Å². The van der Waals surface area contributed by atoms with Gasteiger partial charge in [0, 0.05) is 18.0 Å². The van der Waals surface area contributed by atoms with Gasteiger partial charge in [0.25, 0.3) is 0 Å². The van der Waals surface area contributed by atoms with Crippen molar-refractivity contribution >= 4 is 0 Å². The van der Waals surface area contributed by atoms with Gasteiger partial charge in [-0.2, -0.15) is 0 Å². The number of rotatable bonds is 5. The zero-order valence-corrected chi connectivity index (χ0v) is 14.4. The van der Waals surface area contributed by atoms with E-state index in [1.54, 1.807) is 0 Å². The Bertz CT molecular complexity index is 494. The summed E-state index contributed by atoms with van der Waals surface area (Å²) in [5, 5.41) is 3.73. The molecule has 0 bridgehead atoms. The normalized spacial score (nSPS) is 20.2. The molecule has 21 heavy (non-hydrogen) atoms. The number of hydrogen-bond acceptors (Lipinski definition) is 3. The summed E-state index contributed by atoms with van der Waals surface area (Å²) in [5.41, 5.74) is 3.87. The average molecular weight is 290 g/mol. The molecule has 3 nitrogen and oxygen atoms in total. The molecule has 1 heterocycles. The van der Waals surface area contributed by atoms with E-state index in [9.17, 15) is 0 Å². The van der Waals surface area contributed by atoms with Crippen molar-refractivity contribution in [3.05, 3.63) is 28.8 Å². The van der Waals surface area contributed by atoms with E-state index in [2.05, 4.69) is 64.1 Å². The Morgan fingerprint density at radius 3 is 2.57 bits per heavy atom. The summed E-state index contributed by atoms with van der Waals surface area (Å²) < 4.78 is 6.18. The maximum atomic E-state index is 6.18. The fourth-order valence-electron chi connectivity index (χ4n) is 2.97. The molecule has 0 saturated heterocycles. The maximum absolute atomic E-state index is 6.18. The lowest BCUT2D eigenvalue weighted by Crippen LogP contribution is -2.40. The molecule has 0 aliphatic carbocycles. The van der Waals surface area contributed by atoms with E-state index < -0.39 is 0 Å². The van der Waals surface area contributed by atoms with Crippen molar-refractivity contribution in [3.63, 3.8) is 0 Å². The first-order valence-corrected chi connectivity index (χ1v) is 7.97. The third-order valence-corrected chi connectivity index (χ3v) is 4.26. The quantitative estimate of drug-likeness (QED) is 0.841. The number of benzene rings is 1. The molecule has 0 amide bonds. The molecule has 0 saturated carbocycles. The van der Waals surface area contributed by atoms with E-state index in [-0.39, 0.29) is 5.60 Å². The van der Waals surface area contributed by atoms with E-state index in [0.717, 1.165) is 25.3 Å². The van der Waals surface area contributed by atoms with E-state index in [0.29, 0.717) is 6.04 Å². The molecule has 0 radical (unpaired) electrons. The van der Waals surface area contributed by atoms with Crippen molar-refractivity contribution in [2.75, 3.05) is 27.2 Å². The summed E-state index contributed by atoms with van der Waals surface area (Å²) in [6.07, 6.45) is 2.19. The number of ether oxygens (including phenoxy) is 1. The Labute approximate surface area is 129 Å². The van der Waals surface area contributed by atoms with Crippen molar-refractivity contribution < 1.29 is 4.74 Å². The number of aryl methyl sites for hydroxylation is 2. The summed E-state index contributed by atoms with van der Waals surface area (Å²) in [6, 6.07) is 4.88. The second-order valence-electron chi connectivity index (χ2n) is 7.20. The van der Waals surface area contributed by atoms with Crippen LogP contribution in [0.1, 0.15) is 49.4 Å². The number of nitrogens with one attached hydrogen (secondary N) is 1. The van der Waals surface area contributed by atoms with Crippen LogP contribution in [0.4, 0.5) is 0 Å². The van der Waals surface area contributed by atoms with E-state index in [1.807, 2.05) is 0 Å². The average Bonchev–Trinajstić information content (AvgIpc) is 2.35. The van der Waals surface area contributed by atoms with E-state index in [1.165, 1.54) is 23.1 Å². The van der Waals surface area contributed by atoms with E-state index in [4.69, 9.17) is 4.74 Å². The topological polar surface area (TPSA) is 24.5 Å². The first-order chi connectivity index (χ1) is 9.78. The molecule has 1 aliphatic rings. The zero-order valence-electron chi connectivity index (χ0n) is 14.4. The minimum atomic E-state index is -0.103. The van der Waals surface area contributed by atoms with Gasteiger partial charge in [0.05, 0.1) is 0 Å². The van der Waals surface area contributed by atoms with Crippen molar-refractivity contribution in [2.24, 2.45) is 0 Å². The summed E-state index contributed by atoms with van der Waals surface area (Å²) in [5.74, 6) is 1.06. The van der Waals surface area contributed by atoms with Gasteiger partial charge in [0.1, 0.15) is 11.4 Å². The number of nitrogens with zero attached hydrogens (tertiary/aromatic N) is 1. The van der Waals surface area contributed by atoms with Crippen LogP contribution in [-0.4, -0.2) is 37.7 Å². The van der Waals surface area contributed by atoms with Crippen LogP contribution in [0, 0.1) is 13.8 Å². The van der Waals surface area contributed by atoms with Crippen molar-refractivity contribution in [2.45, 2.75) is 52.2 Å². The van der Waals surface area contributed by atoms with Crippen molar-refractivity contribution in [1.82, 2.24) is 10.2 Å². The predicted molar refractivity (Wildman–Crippen MR) is 89.2 cm³/mol. The predicted octanol–water partition coefficient (Wildman–Crippen LogP) is 3.45. The summed E-state index contributed by atoms with van der Waals surface area (Å²) >= 11 is 0. The van der Waals surface area contributed by atoms with Crippen LogP contribution in [0.15, 0.2) is 12.1 Å². The van der Waals surface area contributed by atoms with Crippen molar-refractivity contribution in [3.8, 4) is 5.75 Å². The first kappa shape index (κ1) is 16.3. The van der Waals surface area contributed by atoms with Crippen LogP contribution < -0.4 is 10.1 Å². The number of fused-ring (bicyclic) bond motifs is 1. The molecule has 2 rings (SSSR count). The molecular formula is C18H30N2O. The van der Waals surface area contributed by atoms with Gasteiger partial charge in [-0.1, -0.05) is 6.07 Å². The Morgan fingerprint density at radius 1 is 1.24 bits per heavy atom. The highest BCUT2D eigenvalue weighted by molar-refractivity contribution is 5.45. The highest BCUT2D eigenvalue weighted by Crippen LogP contribution is 2.40. The van der Waals surface area contributed by atoms with Crippen LogP contribution >= 0.6 is 0 Å². The highest BCUT2D eigenvalue weighted by atomic mass is 16.5. The van der Waals surface area contributed by atoms with Gasteiger partial charge in [0.2, 0.25) is 0 Å². The van der Waals surface area contributed by atoms with Gasteiger partial charge in [-0.25, -0.2) is 0 Å². The largest absolute Gasteiger partial charge is 0.487 e. The number of hydrogen-bond donors (Lipinski definition) is 1. The molecule has 1 aromatic rings. The molecular weight excluding hydrogens is 260 g/mol. The Morgan fingerprint density at radius 2 is 1.90 bits per heavy atom. The lowest BCUT2D eigenvalue weighted by Gasteiger charge is -2.38. The molecule has 1 unspecified atom stereocenters. The van der Waals surface area contributed by atoms with Crippen molar-refractivity contribution in [1.29, 1.82) is 0 Å². The monoisotopic (exact) mass is 290 g/mol. The van der Waals surface area contributed by atoms with Gasteiger partial charge >= 0.3 is 0 Å². The summed E-state index contributed by atoms with van der Waals surface area (Å²) in [4.78, 5) is 2.23. The first-order valence-electron chi connectivity index (χ1n) is 7.97. The zero-order chi connectivity index (χ0) is 15.6. The summed E-state index contributed by atoms with van der Waals surface area (Å²) in [7, 11) is 4.25. The molecule has 1 aromatic carbocycles. The minimum Gasteiger partial charge on any atom is -0.487 e. The smallest absolute Gasteiger partial charge is 0.125 e. The van der Waals surface area contributed by atoms with Gasteiger partial charge in [-0.3, -0.25) is 0 Å².